The molecule has 0 atom stereocenters. The minimum Gasteiger partial charge on any atom is -0.214 e. The van der Waals surface area contributed by atoms with Crippen LogP contribution in [0.25, 0.3) is 0 Å². The van der Waals surface area contributed by atoms with E-state index >= 15 is 0 Å². The third-order valence-corrected chi connectivity index (χ3v) is 1.87. The van der Waals surface area contributed by atoms with Gasteiger partial charge in [0.1, 0.15) is 0 Å². The molecule has 72 valence electrons. The second-order valence-corrected chi connectivity index (χ2v) is 2.85. The van der Waals surface area contributed by atoms with E-state index in [1.165, 1.54) is 35.4 Å². The van der Waals surface area contributed by atoms with Crippen molar-refractivity contribution in [2.45, 2.75) is 13.8 Å². The van der Waals surface area contributed by atoms with Crippen LogP contribution in [0.5, 0.6) is 0 Å². The largest absolute Gasteiger partial charge is 0.214 e. The number of rotatable bonds is 0. The molecule has 2 aromatic carbocycles. The Balaban J connectivity index is 0.000000213. The van der Waals surface area contributed by atoms with Crippen molar-refractivity contribution in [1.82, 2.24) is 0 Å². The van der Waals surface area contributed by atoms with E-state index < -0.39 is 0 Å². The van der Waals surface area contributed by atoms with Crippen molar-refractivity contribution in [1.29, 1.82) is 0 Å². The van der Waals surface area contributed by atoms with Crippen molar-refractivity contribution in [2.75, 3.05) is 0 Å². The molecule has 0 aromatic heterocycles. The van der Waals surface area contributed by atoms with Gasteiger partial charge in [-0.15, -0.1) is 0 Å². The van der Waals surface area contributed by atoms with E-state index in [-0.39, 0.29) is 0 Å². The minimum atomic E-state index is 1.30. The summed E-state index contributed by atoms with van der Waals surface area (Å²) in [6.07, 6.45) is 0. The van der Waals surface area contributed by atoms with Gasteiger partial charge in [-0.3, -0.25) is 0 Å². The molecule has 1 heteroatoms. The monoisotopic (exact) mass is 262 g/mol. The maximum Gasteiger partial charge on any atom is -0.172 e. The van der Waals surface area contributed by atoms with Crippen LogP contribution in [-0.4, -0.2) is 4.21 Å². The maximum atomic E-state index is 3.34. The molecule has 0 spiro atoms. The molecule has 0 aliphatic carbocycles. The van der Waals surface area contributed by atoms with Crippen LogP contribution < -0.4 is 0 Å². The van der Waals surface area contributed by atoms with Crippen LogP contribution in [0.2, 0.25) is 0 Å². The Labute approximate surface area is 102 Å². The standard InChI is InChI=1S/C7H9.C5H5.CH2.Zr/c1-6-4-3-5-7(6)2;1-2-4-5-3-1;;/h3-5H,1-2H3;1-5H;1H2;/q2*-1;;+2. The second-order valence-electron chi connectivity index (χ2n) is 2.85. The van der Waals surface area contributed by atoms with E-state index in [1.54, 1.807) is 0 Å². The van der Waals surface area contributed by atoms with Crippen LogP contribution in [0.3, 0.4) is 0 Å². The molecule has 14 heavy (non-hydrogen) atoms. The van der Waals surface area contributed by atoms with Gasteiger partial charge in [-0.25, -0.2) is 12.1 Å². The number of hydrogen-bond acceptors (Lipinski definition) is 0. The SMILES string of the molecule is Cc1c[cH-]cc1C.[CH2]=[Zr+2].c1cc[cH-]c1. The van der Waals surface area contributed by atoms with Crippen molar-refractivity contribution < 1.29 is 24.2 Å². The first-order valence-corrected chi connectivity index (χ1v) is 6.25. The van der Waals surface area contributed by atoms with Gasteiger partial charge in [0.25, 0.3) is 0 Å². The molecule has 0 amide bonds. The summed E-state index contributed by atoms with van der Waals surface area (Å²) in [5, 5.41) is 0. The summed E-state index contributed by atoms with van der Waals surface area (Å²) < 4.78 is 3.34. The molecule has 0 saturated heterocycles. The van der Waals surface area contributed by atoms with E-state index in [1.807, 2.05) is 30.3 Å². The fraction of sp³-hybridized carbons (Fsp3) is 0.154. The normalized spacial score (nSPS) is 8.00. The first kappa shape index (κ1) is 13.5. The predicted octanol–water partition coefficient (Wildman–Crippen LogP) is 3.39. The Hall–Kier alpha value is -0.547. The minimum absolute atomic E-state index is 1.30. The van der Waals surface area contributed by atoms with Gasteiger partial charge in [-0.05, 0) is 0 Å². The molecule has 2 rings (SSSR count). The molecule has 0 aliphatic rings. The molecular weight excluding hydrogens is 247 g/mol. The predicted molar refractivity (Wildman–Crippen MR) is 60.7 cm³/mol. The molecular formula is C13H16Zr. The summed E-state index contributed by atoms with van der Waals surface area (Å²) in [5.74, 6) is 0. The quantitative estimate of drug-likeness (QED) is 0.639. The molecule has 0 unspecified atom stereocenters. The van der Waals surface area contributed by atoms with Gasteiger partial charge in [0.15, 0.2) is 0 Å². The molecule has 0 bridgehead atoms. The van der Waals surface area contributed by atoms with Crippen LogP contribution in [0, 0.1) is 13.8 Å². The van der Waals surface area contributed by atoms with E-state index in [0.29, 0.717) is 0 Å². The Morgan fingerprint density at radius 3 is 1.50 bits per heavy atom. The summed E-state index contributed by atoms with van der Waals surface area (Å²) in [6, 6.07) is 16.3. The van der Waals surface area contributed by atoms with Gasteiger partial charge in [0.05, 0.1) is 0 Å². The van der Waals surface area contributed by atoms with Crippen LogP contribution in [0.15, 0.2) is 48.5 Å². The fourth-order valence-electron chi connectivity index (χ4n) is 0.920. The van der Waals surface area contributed by atoms with Crippen molar-refractivity contribution in [3.05, 3.63) is 59.7 Å². The number of aryl methyl sites for hydroxylation is 2. The van der Waals surface area contributed by atoms with Crippen molar-refractivity contribution in [3.8, 4) is 0 Å². The smallest absolute Gasteiger partial charge is 0.172 e. The van der Waals surface area contributed by atoms with E-state index in [4.69, 9.17) is 0 Å². The van der Waals surface area contributed by atoms with Gasteiger partial charge in [-0.2, -0.15) is 47.5 Å². The second kappa shape index (κ2) is 9.03. The van der Waals surface area contributed by atoms with Gasteiger partial charge in [-0.1, -0.05) is 13.8 Å². The average Bonchev–Trinajstić information content (AvgIpc) is 2.86. The average molecular weight is 263 g/mol. The fourth-order valence-corrected chi connectivity index (χ4v) is 0.920. The summed E-state index contributed by atoms with van der Waals surface area (Å²) in [7, 11) is 0. The summed E-state index contributed by atoms with van der Waals surface area (Å²) in [6.45, 7) is 4.24. The molecule has 0 saturated carbocycles. The third-order valence-electron chi connectivity index (χ3n) is 1.87. The first-order chi connectivity index (χ1) is 6.80. The Morgan fingerprint density at radius 2 is 1.36 bits per heavy atom. The zero-order valence-corrected chi connectivity index (χ0v) is 11.3. The van der Waals surface area contributed by atoms with Gasteiger partial charge in [0, 0.05) is 0 Å². The molecule has 0 radical (unpaired) electrons. The van der Waals surface area contributed by atoms with Crippen LogP contribution >= 0.6 is 0 Å². The Bertz CT molecular complexity index is 270. The third kappa shape index (κ3) is 5.99. The first-order valence-electron chi connectivity index (χ1n) is 4.51. The molecule has 2 aromatic rings. The molecule has 0 nitrogen and oxygen atoms in total. The van der Waals surface area contributed by atoms with Crippen molar-refractivity contribution in [2.24, 2.45) is 0 Å². The molecule has 0 aliphatic heterocycles. The maximum absolute atomic E-state index is 3.34. The molecule has 0 fully saturated rings. The topological polar surface area (TPSA) is 0 Å². The van der Waals surface area contributed by atoms with Crippen molar-refractivity contribution in [3.63, 3.8) is 0 Å². The number of hydrogen-bond donors (Lipinski definition) is 0. The Kier molecular flexibility index (Phi) is 8.67. The molecule has 0 heterocycles. The summed E-state index contributed by atoms with van der Waals surface area (Å²) in [5.41, 5.74) is 2.78. The van der Waals surface area contributed by atoms with E-state index in [0.717, 1.165) is 0 Å². The summed E-state index contributed by atoms with van der Waals surface area (Å²) >= 11 is 1.30. The molecule has 0 N–H and O–H groups in total. The van der Waals surface area contributed by atoms with Gasteiger partial charge >= 0.3 is 28.4 Å². The summed E-state index contributed by atoms with van der Waals surface area (Å²) in [4.78, 5) is 0. The van der Waals surface area contributed by atoms with Crippen LogP contribution in [0.1, 0.15) is 11.1 Å². The van der Waals surface area contributed by atoms with Gasteiger partial charge < -0.3 is 0 Å². The van der Waals surface area contributed by atoms with E-state index in [2.05, 4.69) is 36.3 Å². The zero-order valence-electron chi connectivity index (χ0n) is 8.83. The van der Waals surface area contributed by atoms with Crippen LogP contribution in [-0.2, 0) is 24.2 Å². The zero-order chi connectivity index (χ0) is 10.8. The van der Waals surface area contributed by atoms with Crippen LogP contribution in [0.4, 0.5) is 0 Å². The van der Waals surface area contributed by atoms with Crippen molar-refractivity contribution >= 4 is 4.21 Å². The Morgan fingerprint density at radius 1 is 0.929 bits per heavy atom. The van der Waals surface area contributed by atoms with E-state index in [9.17, 15) is 0 Å². The van der Waals surface area contributed by atoms with Gasteiger partial charge in [0.2, 0.25) is 0 Å².